The molecule has 6 nitrogen and oxygen atoms in total. The van der Waals surface area contributed by atoms with Crippen LogP contribution < -0.4 is 10.9 Å². The van der Waals surface area contributed by atoms with Crippen LogP contribution in [0.4, 0.5) is 5.69 Å². The summed E-state index contributed by atoms with van der Waals surface area (Å²) in [5.41, 5.74) is 1.94. The summed E-state index contributed by atoms with van der Waals surface area (Å²) in [5, 5.41) is 17.2. The zero-order chi connectivity index (χ0) is 18.8. The molecule has 2 N–H and O–H groups in total. The normalized spacial score (nSPS) is 10.6. The lowest BCUT2D eigenvalue weighted by molar-refractivity contribution is 0.101. The van der Waals surface area contributed by atoms with Gasteiger partial charge < -0.3 is 10.4 Å². The topological polar surface area (TPSA) is 84.2 Å². The molecule has 3 rings (SSSR count). The Labute approximate surface area is 154 Å². The van der Waals surface area contributed by atoms with E-state index in [1.54, 1.807) is 36.4 Å². The summed E-state index contributed by atoms with van der Waals surface area (Å²) >= 11 is 5.96. The Balaban J connectivity index is 2.02. The van der Waals surface area contributed by atoms with Crippen molar-refractivity contribution in [2.24, 2.45) is 0 Å². The molecular weight excluding hydrogens is 354 g/mol. The van der Waals surface area contributed by atoms with Crippen molar-refractivity contribution in [3.05, 3.63) is 80.7 Å². The van der Waals surface area contributed by atoms with E-state index < -0.39 is 17.2 Å². The maximum Gasteiger partial charge on any atom is 0.280 e. The van der Waals surface area contributed by atoms with Gasteiger partial charge in [0.2, 0.25) is 0 Å². The van der Waals surface area contributed by atoms with Crippen LogP contribution in [-0.2, 0) is 0 Å². The maximum absolute atomic E-state index is 12.6. The number of carbonyl (C=O) groups is 1. The fourth-order valence-corrected chi connectivity index (χ4v) is 2.64. The lowest BCUT2D eigenvalue weighted by atomic mass is 10.2. The van der Waals surface area contributed by atoms with E-state index in [-0.39, 0.29) is 5.69 Å². The van der Waals surface area contributed by atoms with Crippen molar-refractivity contribution >= 4 is 23.2 Å². The third-order valence-electron chi connectivity index (χ3n) is 3.82. The molecule has 26 heavy (non-hydrogen) atoms. The second-order valence-electron chi connectivity index (χ2n) is 5.88. The molecule has 0 aliphatic carbocycles. The Morgan fingerprint density at radius 1 is 1.15 bits per heavy atom. The first kappa shape index (κ1) is 17.7. The van der Waals surface area contributed by atoms with Gasteiger partial charge in [0.05, 0.1) is 5.69 Å². The van der Waals surface area contributed by atoms with Crippen molar-refractivity contribution in [2.75, 3.05) is 5.32 Å². The predicted octanol–water partition coefficient (Wildman–Crippen LogP) is 3.46. The highest BCUT2D eigenvalue weighted by molar-refractivity contribution is 6.31. The van der Waals surface area contributed by atoms with Gasteiger partial charge in [0.15, 0.2) is 11.4 Å². The average Bonchev–Trinajstić information content (AvgIpc) is 2.58. The van der Waals surface area contributed by atoms with Crippen LogP contribution in [-0.4, -0.2) is 20.8 Å². The van der Waals surface area contributed by atoms with Crippen LogP contribution in [0.25, 0.3) is 5.69 Å². The molecule has 0 saturated heterocycles. The molecule has 1 amide bonds. The maximum atomic E-state index is 12.6. The molecule has 0 aliphatic rings. The average molecular weight is 370 g/mol. The van der Waals surface area contributed by atoms with Gasteiger partial charge in [0.25, 0.3) is 11.5 Å². The molecule has 7 heteroatoms. The van der Waals surface area contributed by atoms with Crippen LogP contribution >= 0.6 is 11.6 Å². The Bertz CT molecular complexity index is 1060. The molecule has 2 aromatic carbocycles. The number of hydrogen-bond donors (Lipinski definition) is 2. The number of nitrogens with zero attached hydrogens (tertiary/aromatic N) is 2. The summed E-state index contributed by atoms with van der Waals surface area (Å²) in [4.78, 5) is 24.7. The number of hydrogen-bond acceptors (Lipinski definition) is 4. The molecule has 0 aliphatic heterocycles. The van der Waals surface area contributed by atoms with Gasteiger partial charge in [-0.25, -0.2) is 0 Å². The summed E-state index contributed by atoms with van der Waals surface area (Å²) in [6.45, 7) is 3.69. The van der Waals surface area contributed by atoms with Crippen LogP contribution in [0.15, 0.2) is 53.3 Å². The fraction of sp³-hybridized carbons (Fsp3) is 0.105. The number of halogens is 1. The summed E-state index contributed by atoms with van der Waals surface area (Å²) < 4.78 is 1.08. The van der Waals surface area contributed by atoms with Crippen LogP contribution in [0.3, 0.4) is 0 Å². The van der Waals surface area contributed by atoms with Gasteiger partial charge in [-0.05, 0) is 49.2 Å². The van der Waals surface area contributed by atoms with Gasteiger partial charge in [-0.15, -0.1) is 0 Å². The van der Waals surface area contributed by atoms with E-state index in [4.69, 9.17) is 11.6 Å². The van der Waals surface area contributed by atoms with Crippen molar-refractivity contribution in [3.63, 3.8) is 0 Å². The van der Waals surface area contributed by atoms with E-state index >= 15 is 0 Å². The van der Waals surface area contributed by atoms with E-state index in [1.807, 2.05) is 19.9 Å². The molecule has 132 valence electrons. The third kappa shape index (κ3) is 3.60. The number of nitrogens with one attached hydrogen (secondary N) is 1. The molecule has 0 unspecified atom stereocenters. The highest BCUT2D eigenvalue weighted by Gasteiger charge is 2.18. The molecule has 3 aromatic rings. The highest BCUT2D eigenvalue weighted by atomic mass is 35.5. The van der Waals surface area contributed by atoms with Crippen molar-refractivity contribution in [1.29, 1.82) is 0 Å². The molecule has 0 radical (unpaired) electrons. The van der Waals surface area contributed by atoms with Crippen molar-refractivity contribution in [1.82, 2.24) is 9.78 Å². The number of benzene rings is 2. The molecule has 1 heterocycles. The number of rotatable bonds is 3. The Morgan fingerprint density at radius 3 is 2.65 bits per heavy atom. The van der Waals surface area contributed by atoms with Gasteiger partial charge >= 0.3 is 0 Å². The van der Waals surface area contributed by atoms with Crippen molar-refractivity contribution < 1.29 is 9.90 Å². The zero-order valence-corrected chi connectivity index (χ0v) is 14.9. The van der Waals surface area contributed by atoms with Crippen LogP contribution in [0.1, 0.15) is 21.6 Å². The minimum Gasteiger partial charge on any atom is -0.505 e. The van der Waals surface area contributed by atoms with E-state index in [2.05, 4.69) is 10.4 Å². The van der Waals surface area contributed by atoms with Gasteiger partial charge in [-0.2, -0.15) is 9.78 Å². The third-order valence-corrected chi connectivity index (χ3v) is 4.06. The first-order valence-electron chi connectivity index (χ1n) is 7.83. The van der Waals surface area contributed by atoms with E-state index in [9.17, 15) is 14.7 Å². The highest BCUT2D eigenvalue weighted by Crippen LogP contribution is 2.22. The van der Waals surface area contributed by atoms with Crippen LogP contribution in [0.5, 0.6) is 5.75 Å². The molecular formula is C19H16ClN3O3. The Kier molecular flexibility index (Phi) is 4.77. The molecule has 0 atom stereocenters. The Morgan fingerprint density at radius 2 is 1.92 bits per heavy atom. The smallest absolute Gasteiger partial charge is 0.280 e. The minimum absolute atomic E-state index is 0.259. The molecule has 1 aromatic heterocycles. The molecule has 0 spiro atoms. The number of carbonyl (C=O) groups excluding carboxylic acids is 1. The lowest BCUT2D eigenvalue weighted by Crippen LogP contribution is -2.25. The largest absolute Gasteiger partial charge is 0.505 e. The number of aromatic nitrogens is 2. The van der Waals surface area contributed by atoms with Gasteiger partial charge in [-0.3, -0.25) is 9.59 Å². The van der Waals surface area contributed by atoms with Crippen molar-refractivity contribution in [2.45, 2.75) is 13.8 Å². The number of aryl methyl sites for hydroxylation is 2. The second-order valence-corrected chi connectivity index (χ2v) is 6.32. The summed E-state index contributed by atoms with van der Waals surface area (Å²) in [7, 11) is 0. The molecule has 0 saturated carbocycles. The monoisotopic (exact) mass is 369 g/mol. The van der Waals surface area contributed by atoms with E-state index in [1.165, 1.54) is 0 Å². The SMILES string of the molecule is Cc1cccc(-n2nc(C(=O)Nc3cc(Cl)ccc3C)c(O)cc2=O)c1. The standard InChI is InChI=1S/C19H16ClN3O3/c1-11-4-3-5-14(8-11)23-17(25)10-16(24)18(22-23)19(26)21-15-9-13(20)7-6-12(15)2/h3-10,24H,1-2H3,(H,21,26). The van der Waals surface area contributed by atoms with Crippen molar-refractivity contribution in [3.8, 4) is 11.4 Å². The minimum atomic E-state index is -0.644. The second kappa shape index (κ2) is 7.01. The van der Waals surface area contributed by atoms with Gasteiger partial charge in [-0.1, -0.05) is 29.8 Å². The van der Waals surface area contributed by atoms with Crippen LogP contribution in [0.2, 0.25) is 5.02 Å². The lowest BCUT2D eigenvalue weighted by Gasteiger charge is -2.11. The molecule has 0 bridgehead atoms. The van der Waals surface area contributed by atoms with Gasteiger partial charge in [0, 0.05) is 16.8 Å². The summed E-state index contributed by atoms with van der Waals surface area (Å²) in [5.74, 6) is -1.13. The fourth-order valence-electron chi connectivity index (χ4n) is 2.46. The Hall–Kier alpha value is -3.12. The number of aromatic hydroxyl groups is 1. The summed E-state index contributed by atoms with van der Waals surface area (Å²) in [6.07, 6.45) is 0. The van der Waals surface area contributed by atoms with E-state index in [0.29, 0.717) is 16.4 Å². The quantitative estimate of drug-likeness (QED) is 0.740. The first-order chi connectivity index (χ1) is 12.3. The summed E-state index contributed by atoms with van der Waals surface area (Å²) in [6, 6.07) is 13.2. The zero-order valence-electron chi connectivity index (χ0n) is 14.2. The van der Waals surface area contributed by atoms with Gasteiger partial charge in [0.1, 0.15) is 0 Å². The number of anilines is 1. The molecule has 0 fully saturated rings. The predicted molar refractivity (Wildman–Crippen MR) is 100 cm³/mol. The van der Waals surface area contributed by atoms with Crippen LogP contribution in [0, 0.1) is 13.8 Å². The number of amides is 1. The van der Waals surface area contributed by atoms with E-state index in [0.717, 1.165) is 21.9 Å². The first-order valence-corrected chi connectivity index (χ1v) is 8.21.